The number of methoxy groups -OCH3 is 2. The molecular formula is C25H28ClNO6. The smallest absolute Gasteiger partial charge is 0.295 e. The van der Waals surface area contributed by atoms with E-state index in [-0.39, 0.29) is 11.3 Å². The van der Waals surface area contributed by atoms with E-state index in [1.54, 1.807) is 36.4 Å². The second-order valence-corrected chi connectivity index (χ2v) is 7.91. The average molecular weight is 474 g/mol. The molecule has 1 amide bonds. The molecule has 1 atom stereocenters. The molecule has 2 aromatic rings. The number of carbonyl (C=O) groups is 2. The van der Waals surface area contributed by atoms with Crippen molar-refractivity contribution < 1.29 is 28.9 Å². The number of likely N-dealkylation sites (tertiary alicyclic amines) is 1. The van der Waals surface area contributed by atoms with Gasteiger partial charge in [0, 0.05) is 17.7 Å². The van der Waals surface area contributed by atoms with Gasteiger partial charge >= 0.3 is 0 Å². The Labute approximate surface area is 198 Å². The van der Waals surface area contributed by atoms with Crippen molar-refractivity contribution in [3.8, 4) is 17.2 Å². The van der Waals surface area contributed by atoms with Crippen LogP contribution in [0.3, 0.4) is 0 Å². The zero-order valence-electron chi connectivity index (χ0n) is 19.2. The van der Waals surface area contributed by atoms with Crippen molar-refractivity contribution in [2.24, 2.45) is 0 Å². The number of benzene rings is 2. The maximum atomic E-state index is 13.2. The molecule has 3 rings (SSSR count). The molecule has 0 spiro atoms. The van der Waals surface area contributed by atoms with Gasteiger partial charge in [-0.2, -0.15) is 0 Å². The summed E-state index contributed by atoms with van der Waals surface area (Å²) >= 11 is 6.19. The highest BCUT2D eigenvalue weighted by atomic mass is 35.5. The van der Waals surface area contributed by atoms with E-state index in [9.17, 15) is 14.7 Å². The molecule has 7 nitrogen and oxygen atoms in total. The Bertz CT molecular complexity index is 1080. The van der Waals surface area contributed by atoms with E-state index >= 15 is 0 Å². The van der Waals surface area contributed by atoms with E-state index in [2.05, 4.69) is 0 Å². The third-order valence-corrected chi connectivity index (χ3v) is 5.84. The van der Waals surface area contributed by atoms with E-state index in [0.29, 0.717) is 53.0 Å². The second kappa shape index (κ2) is 10.6. The number of rotatable bonds is 9. The molecule has 8 heteroatoms. The predicted octanol–water partition coefficient (Wildman–Crippen LogP) is 4.98. The molecule has 0 saturated carbocycles. The number of nitrogens with zero attached hydrogens (tertiary/aromatic N) is 1. The first-order chi connectivity index (χ1) is 15.9. The molecule has 1 saturated heterocycles. The first-order valence-corrected chi connectivity index (χ1v) is 11.2. The van der Waals surface area contributed by atoms with Crippen molar-refractivity contribution in [2.45, 2.75) is 32.7 Å². The van der Waals surface area contributed by atoms with Crippen LogP contribution in [-0.4, -0.2) is 49.1 Å². The summed E-state index contributed by atoms with van der Waals surface area (Å²) in [6, 6.07) is 9.13. The number of Topliss-reactive ketones (excluding diaryl/α,β-unsaturated/α-hetero) is 1. The van der Waals surface area contributed by atoms with Gasteiger partial charge in [-0.05, 0) is 37.6 Å². The Morgan fingerprint density at radius 2 is 1.85 bits per heavy atom. The monoisotopic (exact) mass is 473 g/mol. The lowest BCUT2D eigenvalue weighted by molar-refractivity contribution is -0.139. The molecule has 176 valence electrons. The Morgan fingerprint density at radius 1 is 1.09 bits per heavy atom. The number of ketones is 1. The largest absolute Gasteiger partial charge is 0.507 e. The number of ether oxygens (including phenoxy) is 3. The molecular weight excluding hydrogens is 446 g/mol. The van der Waals surface area contributed by atoms with Gasteiger partial charge in [-0.3, -0.25) is 9.59 Å². The minimum atomic E-state index is -0.840. The molecule has 1 aliphatic rings. The number of aliphatic hydroxyl groups excluding tert-OH is 1. The van der Waals surface area contributed by atoms with Gasteiger partial charge in [-0.15, -0.1) is 0 Å². The molecule has 1 heterocycles. The number of carbonyl (C=O) groups excluding carboxylic acids is 2. The summed E-state index contributed by atoms with van der Waals surface area (Å²) in [6.07, 6.45) is 1.53. The van der Waals surface area contributed by atoms with Crippen LogP contribution in [0.2, 0.25) is 5.02 Å². The van der Waals surface area contributed by atoms with Gasteiger partial charge in [0.1, 0.15) is 11.5 Å². The van der Waals surface area contributed by atoms with E-state index in [4.69, 9.17) is 25.8 Å². The van der Waals surface area contributed by atoms with Crippen molar-refractivity contribution in [1.82, 2.24) is 4.90 Å². The molecule has 0 aliphatic carbocycles. The van der Waals surface area contributed by atoms with Crippen LogP contribution in [0.4, 0.5) is 0 Å². The topological polar surface area (TPSA) is 85.3 Å². The molecule has 33 heavy (non-hydrogen) atoms. The predicted molar refractivity (Wildman–Crippen MR) is 126 cm³/mol. The van der Waals surface area contributed by atoms with Crippen LogP contribution in [0.15, 0.2) is 42.0 Å². The number of unbranched alkanes of at least 4 members (excludes halogenated alkanes) is 1. The van der Waals surface area contributed by atoms with Gasteiger partial charge in [-0.25, -0.2) is 0 Å². The van der Waals surface area contributed by atoms with Gasteiger partial charge in [0.15, 0.2) is 11.5 Å². The highest BCUT2D eigenvalue weighted by Gasteiger charge is 2.47. The summed E-state index contributed by atoms with van der Waals surface area (Å²) in [5.74, 6) is -0.504. The fourth-order valence-corrected chi connectivity index (χ4v) is 4.13. The van der Waals surface area contributed by atoms with Crippen molar-refractivity contribution in [3.63, 3.8) is 0 Å². The summed E-state index contributed by atoms with van der Waals surface area (Å²) in [7, 11) is 3.01. The standard InChI is InChI=1S/C25H28ClNO6/c1-5-7-13-27-21(16-9-8-10-18(31-3)24(16)32-4)20(23(29)25(27)30)22(28)15-11-12-17(26)19(14-15)33-6-2/h8-12,14,21,28H,5-7,13H2,1-4H3/b22-20+. The second-order valence-electron chi connectivity index (χ2n) is 7.51. The number of aliphatic hydroxyl groups is 1. The van der Waals surface area contributed by atoms with E-state index < -0.39 is 17.7 Å². The van der Waals surface area contributed by atoms with E-state index in [1.165, 1.54) is 19.1 Å². The summed E-state index contributed by atoms with van der Waals surface area (Å²) in [4.78, 5) is 27.7. The Morgan fingerprint density at radius 3 is 2.48 bits per heavy atom. The fraction of sp³-hybridized carbons (Fsp3) is 0.360. The van der Waals surface area contributed by atoms with E-state index in [0.717, 1.165) is 6.42 Å². The summed E-state index contributed by atoms with van der Waals surface area (Å²) in [5, 5.41) is 11.6. The zero-order valence-corrected chi connectivity index (χ0v) is 19.9. The molecule has 1 aliphatic heterocycles. The quantitative estimate of drug-likeness (QED) is 0.314. The number of para-hydroxylation sites is 1. The van der Waals surface area contributed by atoms with Crippen LogP contribution in [-0.2, 0) is 9.59 Å². The highest BCUT2D eigenvalue weighted by Crippen LogP contribution is 2.45. The molecule has 0 bridgehead atoms. The molecule has 1 fully saturated rings. The zero-order chi connectivity index (χ0) is 24.1. The SMILES string of the molecule is CCCCN1C(=O)C(=O)/C(=C(/O)c2ccc(Cl)c(OCC)c2)C1c1cccc(OC)c1OC. The maximum Gasteiger partial charge on any atom is 0.295 e. The summed E-state index contributed by atoms with van der Waals surface area (Å²) in [6.45, 7) is 4.55. The minimum absolute atomic E-state index is 0.0209. The van der Waals surface area contributed by atoms with Crippen molar-refractivity contribution >= 4 is 29.1 Å². The van der Waals surface area contributed by atoms with Gasteiger partial charge in [0.05, 0.1) is 37.5 Å². The third-order valence-electron chi connectivity index (χ3n) is 5.53. The highest BCUT2D eigenvalue weighted by molar-refractivity contribution is 6.46. The van der Waals surface area contributed by atoms with Crippen LogP contribution in [0.25, 0.3) is 5.76 Å². The van der Waals surface area contributed by atoms with Gasteiger partial charge in [-0.1, -0.05) is 37.1 Å². The van der Waals surface area contributed by atoms with Crippen molar-refractivity contribution in [1.29, 1.82) is 0 Å². The fourth-order valence-electron chi connectivity index (χ4n) is 3.96. The minimum Gasteiger partial charge on any atom is -0.507 e. The normalized spacial score (nSPS) is 17.4. The molecule has 0 aromatic heterocycles. The maximum absolute atomic E-state index is 13.2. The Balaban J connectivity index is 2.25. The molecule has 1 unspecified atom stereocenters. The summed E-state index contributed by atoms with van der Waals surface area (Å²) in [5.41, 5.74) is 0.850. The van der Waals surface area contributed by atoms with Crippen molar-refractivity contribution in [3.05, 3.63) is 58.1 Å². The van der Waals surface area contributed by atoms with Crippen LogP contribution < -0.4 is 14.2 Å². The lowest BCUT2D eigenvalue weighted by Gasteiger charge is -2.27. The molecule has 1 N–H and O–H groups in total. The third kappa shape index (κ3) is 4.64. The number of hydrogen-bond acceptors (Lipinski definition) is 6. The van der Waals surface area contributed by atoms with Crippen molar-refractivity contribution in [2.75, 3.05) is 27.4 Å². The Hall–Kier alpha value is -3.19. The molecule has 2 aromatic carbocycles. The first kappa shape index (κ1) is 24.5. The number of halogens is 1. The lowest BCUT2D eigenvalue weighted by Crippen LogP contribution is -2.30. The molecule has 0 radical (unpaired) electrons. The van der Waals surface area contributed by atoms with Crippen LogP contribution in [0.5, 0.6) is 17.2 Å². The van der Waals surface area contributed by atoms with Gasteiger partial charge in [0.2, 0.25) is 0 Å². The van der Waals surface area contributed by atoms with Crippen LogP contribution >= 0.6 is 11.6 Å². The van der Waals surface area contributed by atoms with Gasteiger partial charge < -0.3 is 24.2 Å². The first-order valence-electron chi connectivity index (χ1n) is 10.8. The summed E-state index contributed by atoms with van der Waals surface area (Å²) < 4.78 is 16.5. The van der Waals surface area contributed by atoms with Gasteiger partial charge in [0.25, 0.3) is 11.7 Å². The number of amides is 1. The van der Waals surface area contributed by atoms with Crippen LogP contribution in [0, 0.1) is 0 Å². The van der Waals surface area contributed by atoms with Crippen LogP contribution in [0.1, 0.15) is 43.9 Å². The number of hydrogen-bond donors (Lipinski definition) is 1. The lowest BCUT2D eigenvalue weighted by atomic mass is 9.94. The Kier molecular flexibility index (Phi) is 7.87. The van der Waals surface area contributed by atoms with E-state index in [1.807, 2.05) is 13.8 Å². The average Bonchev–Trinajstić information content (AvgIpc) is 3.07.